The number of rotatable bonds is 11. The molecule has 0 spiro atoms. The van der Waals surface area contributed by atoms with E-state index in [9.17, 15) is 18.7 Å². The number of halogens is 2. The van der Waals surface area contributed by atoms with E-state index in [0.29, 0.717) is 11.5 Å². The molecule has 0 aromatic heterocycles. The Kier molecular flexibility index (Phi) is 8.56. The predicted octanol–water partition coefficient (Wildman–Crippen LogP) is 5.21. The van der Waals surface area contributed by atoms with Crippen molar-refractivity contribution >= 4 is 11.7 Å². The summed E-state index contributed by atoms with van der Waals surface area (Å²) >= 11 is 0. The highest BCUT2D eigenvalue weighted by atomic mass is 19.1. The van der Waals surface area contributed by atoms with Gasteiger partial charge in [-0.3, -0.25) is 9.69 Å². The van der Waals surface area contributed by atoms with Crippen molar-refractivity contribution in [3.63, 3.8) is 0 Å². The molecule has 0 radical (unpaired) electrons. The maximum absolute atomic E-state index is 13.6. The Labute approximate surface area is 188 Å². The van der Waals surface area contributed by atoms with Gasteiger partial charge in [-0.25, -0.2) is 13.8 Å². The van der Waals surface area contributed by atoms with Gasteiger partial charge in [-0.05, 0) is 74.3 Å². The number of carboxylic acids is 1. The van der Waals surface area contributed by atoms with Gasteiger partial charge in [0, 0.05) is 37.5 Å². The topological polar surface area (TPSA) is 64.9 Å². The van der Waals surface area contributed by atoms with E-state index in [1.807, 2.05) is 11.0 Å². The van der Waals surface area contributed by atoms with Crippen molar-refractivity contribution in [3.8, 4) is 0 Å². The fourth-order valence-electron chi connectivity index (χ4n) is 4.49. The van der Waals surface area contributed by atoms with Crippen molar-refractivity contribution in [1.29, 1.82) is 0 Å². The summed E-state index contributed by atoms with van der Waals surface area (Å²) in [6.07, 6.45) is 7.87. The van der Waals surface area contributed by atoms with E-state index in [0.717, 1.165) is 75.8 Å². The van der Waals surface area contributed by atoms with Crippen LogP contribution in [-0.2, 0) is 4.79 Å². The summed E-state index contributed by atoms with van der Waals surface area (Å²) in [5.74, 6) is -0.877. The zero-order valence-electron chi connectivity index (χ0n) is 18.7. The molecule has 0 aliphatic carbocycles. The summed E-state index contributed by atoms with van der Waals surface area (Å²) in [6, 6.07) is 2.77. The molecule has 2 N–H and O–H groups in total. The van der Waals surface area contributed by atoms with Gasteiger partial charge in [-0.1, -0.05) is 13.0 Å². The van der Waals surface area contributed by atoms with Crippen LogP contribution in [0.15, 0.2) is 47.2 Å². The Hall–Kier alpha value is -2.54. The molecule has 1 aromatic rings. The summed E-state index contributed by atoms with van der Waals surface area (Å²) in [6.45, 7) is 8.46. The third-order valence-electron chi connectivity index (χ3n) is 6.28. The Morgan fingerprint density at radius 3 is 2.66 bits per heavy atom. The highest BCUT2D eigenvalue weighted by Crippen LogP contribution is 2.34. The van der Waals surface area contributed by atoms with Crippen molar-refractivity contribution in [2.75, 3.05) is 19.6 Å². The second kappa shape index (κ2) is 11.4. The molecule has 2 aliphatic rings. The summed E-state index contributed by atoms with van der Waals surface area (Å²) < 4.78 is 27.3. The predicted molar refractivity (Wildman–Crippen MR) is 122 cm³/mol. The van der Waals surface area contributed by atoms with Crippen LogP contribution < -0.4 is 5.32 Å². The Morgan fingerprint density at radius 2 is 2.03 bits per heavy atom. The molecular formula is C25H33F2N3O2. The Morgan fingerprint density at radius 1 is 1.31 bits per heavy atom. The molecule has 2 heterocycles. The van der Waals surface area contributed by atoms with E-state index in [1.165, 1.54) is 17.7 Å². The summed E-state index contributed by atoms with van der Waals surface area (Å²) in [4.78, 5) is 18.1. The van der Waals surface area contributed by atoms with Crippen LogP contribution in [0, 0.1) is 17.6 Å². The highest BCUT2D eigenvalue weighted by molar-refractivity contribution is 5.95. The first-order valence-electron chi connectivity index (χ1n) is 11.4. The average Bonchev–Trinajstić information content (AvgIpc) is 2.70. The molecule has 0 unspecified atom stereocenters. The minimum atomic E-state index is -0.975. The van der Waals surface area contributed by atoms with Crippen LogP contribution in [0.5, 0.6) is 0 Å². The lowest BCUT2D eigenvalue weighted by molar-refractivity contribution is -0.139. The van der Waals surface area contributed by atoms with Gasteiger partial charge in [0.05, 0.1) is 6.42 Å². The van der Waals surface area contributed by atoms with Gasteiger partial charge < -0.3 is 10.4 Å². The molecule has 0 amide bonds. The highest BCUT2D eigenvalue weighted by Gasteiger charge is 2.34. The maximum atomic E-state index is 13.6. The van der Waals surface area contributed by atoms with Gasteiger partial charge in [-0.15, -0.1) is 0 Å². The van der Waals surface area contributed by atoms with E-state index in [4.69, 9.17) is 4.99 Å². The molecule has 1 saturated heterocycles. The smallest absolute Gasteiger partial charge is 0.305 e. The largest absolute Gasteiger partial charge is 0.481 e. The third kappa shape index (κ3) is 6.73. The van der Waals surface area contributed by atoms with Crippen molar-refractivity contribution in [3.05, 3.63) is 59.4 Å². The molecular weight excluding hydrogens is 412 g/mol. The minimum Gasteiger partial charge on any atom is -0.481 e. The fourth-order valence-corrected chi connectivity index (χ4v) is 4.49. The van der Waals surface area contributed by atoms with Crippen LogP contribution in [0.25, 0.3) is 0 Å². The monoisotopic (exact) mass is 445 g/mol. The van der Waals surface area contributed by atoms with Crippen LogP contribution in [0.1, 0.15) is 63.5 Å². The second-order valence-corrected chi connectivity index (χ2v) is 8.85. The number of unbranched alkanes of at least 4 members (excludes halogenated alkanes) is 1. The zero-order valence-corrected chi connectivity index (χ0v) is 18.7. The third-order valence-corrected chi connectivity index (χ3v) is 6.28. The van der Waals surface area contributed by atoms with Crippen LogP contribution in [0.4, 0.5) is 8.78 Å². The lowest BCUT2D eigenvalue weighted by Gasteiger charge is -2.44. The van der Waals surface area contributed by atoms with E-state index >= 15 is 0 Å². The number of hydrogen-bond acceptors (Lipinski definition) is 4. The number of carbonyl (C=O) groups is 1. The number of aliphatic imine (C=N–C) groups is 1. The molecule has 32 heavy (non-hydrogen) atoms. The number of likely N-dealkylation sites (tertiary alicyclic amines) is 1. The summed E-state index contributed by atoms with van der Waals surface area (Å²) in [5.41, 5.74) is 2.67. The van der Waals surface area contributed by atoms with Crippen molar-refractivity contribution in [2.45, 2.75) is 57.9 Å². The fraction of sp³-hybridized carbons (Fsp3) is 0.520. The molecule has 1 aromatic carbocycles. The normalized spacial score (nSPS) is 18.8. The summed E-state index contributed by atoms with van der Waals surface area (Å²) in [7, 11) is 0. The van der Waals surface area contributed by atoms with Crippen molar-refractivity contribution < 1.29 is 18.7 Å². The van der Waals surface area contributed by atoms with Crippen LogP contribution in [0.2, 0.25) is 0 Å². The lowest BCUT2D eigenvalue weighted by Crippen LogP contribution is -2.48. The van der Waals surface area contributed by atoms with E-state index in [-0.39, 0.29) is 6.42 Å². The minimum absolute atomic E-state index is 0.169. The van der Waals surface area contributed by atoms with Crippen LogP contribution >= 0.6 is 0 Å². The average molecular weight is 446 g/mol. The SMILES string of the molecule is C=CC(CCCCC1CN([C@@H](CC(=O)O)c2cc(F)cc(F)c2)C1)=NC1=C(C)CCCN1. The van der Waals surface area contributed by atoms with Gasteiger partial charge in [0.25, 0.3) is 0 Å². The van der Waals surface area contributed by atoms with E-state index < -0.39 is 23.6 Å². The quantitative estimate of drug-likeness (QED) is 0.362. The number of hydrogen-bond donors (Lipinski definition) is 2. The number of nitrogens with one attached hydrogen (secondary N) is 1. The second-order valence-electron chi connectivity index (χ2n) is 8.85. The van der Waals surface area contributed by atoms with Gasteiger partial charge in [0.15, 0.2) is 0 Å². The molecule has 1 fully saturated rings. The first-order valence-corrected chi connectivity index (χ1v) is 11.4. The van der Waals surface area contributed by atoms with Gasteiger partial charge in [-0.2, -0.15) is 0 Å². The molecule has 0 saturated carbocycles. The van der Waals surface area contributed by atoms with E-state index in [1.54, 1.807) is 0 Å². The van der Waals surface area contributed by atoms with Crippen LogP contribution in [-0.4, -0.2) is 41.3 Å². The zero-order chi connectivity index (χ0) is 23.1. The molecule has 5 nitrogen and oxygen atoms in total. The first-order chi connectivity index (χ1) is 15.4. The van der Waals surface area contributed by atoms with Gasteiger partial charge >= 0.3 is 5.97 Å². The number of allylic oxidation sites excluding steroid dienone is 2. The van der Waals surface area contributed by atoms with E-state index in [2.05, 4.69) is 18.8 Å². The number of aliphatic carboxylic acids is 1. The number of nitrogens with zero attached hydrogens (tertiary/aromatic N) is 2. The Bertz CT molecular complexity index is 871. The van der Waals surface area contributed by atoms with Crippen LogP contribution in [0.3, 0.4) is 0 Å². The first kappa shape index (κ1) is 24.1. The maximum Gasteiger partial charge on any atom is 0.305 e. The van der Waals surface area contributed by atoms with Gasteiger partial charge in [0.1, 0.15) is 17.5 Å². The Balaban J connectivity index is 1.46. The number of benzene rings is 1. The molecule has 7 heteroatoms. The van der Waals surface area contributed by atoms with Crippen molar-refractivity contribution in [1.82, 2.24) is 10.2 Å². The van der Waals surface area contributed by atoms with Gasteiger partial charge in [0.2, 0.25) is 0 Å². The molecule has 3 rings (SSSR count). The standard InChI is InChI=1S/C25H33F2N3O2/c1-3-22(29-25-17(2)7-6-10-28-25)9-5-4-8-18-15-30(16-18)23(14-24(31)32)19-11-20(26)13-21(27)12-19/h3,11-13,18,23,28H,1,4-10,14-16H2,2H3,(H,31,32)/t23-/m0/s1. The van der Waals surface area contributed by atoms with Crippen molar-refractivity contribution in [2.24, 2.45) is 10.9 Å². The molecule has 174 valence electrons. The molecule has 2 aliphatic heterocycles. The number of carboxylic acid groups (broad SMARTS) is 1. The lowest BCUT2D eigenvalue weighted by atomic mass is 9.89. The molecule has 0 bridgehead atoms. The molecule has 1 atom stereocenters. The summed E-state index contributed by atoms with van der Waals surface area (Å²) in [5, 5.41) is 12.6.